The summed E-state index contributed by atoms with van der Waals surface area (Å²) in [4.78, 5) is 12.5. The van der Waals surface area contributed by atoms with Gasteiger partial charge in [0.2, 0.25) is 0 Å². The van der Waals surface area contributed by atoms with Crippen molar-refractivity contribution in [3.8, 4) is 22.8 Å². The van der Waals surface area contributed by atoms with Crippen molar-refractivity contribution < 1.29 is 9.53 Å². The predicted octanol–water partition coefficient (Wildman–Crippen LogP) is 5.29. The van der Waals surface area contributed by atoms with Crippen molar-refractivity contribution in [2.24, 2.45) is 0 Å². The molecular weight excluding hydrogens is 374 g/mol. The fourth-order valence-corrected chi connectivity index (χ4v) is 3.53. The summed E-state index contributed by atoms with van der Waals surface area (Å²) in [6, 6.07) is 21.6. The fourth-order valence-electron chi connectivity index (χ4n) is 3.53. The lowest BCUT2D eigenvalue weighted by Crippen LogP contribution is -2.25. The molecule has 0 spiro atoms. The van der Waals surface area contributed by atoms with E-state index < -0.39 is 0 Å². The van der Waals surface area contributed by atoms with Crippen LogP contribution >= 0.6 is 0 Å². The van der Waals surface area contributed by atoms with Crippen molar-refractivity contribution in [2.45, 2.75) is 25.8 Å². The van der Waals surface area contributed by atoms with E-state index in [0.29, 0.717) is 23.1 Å². The Morgan fingerprint density at radius 1 is 1.03 bits per heavy atom. The van der Waals surface area contributed by atoms with Crippen LogP contribution in [0.2, 0.25) is 0 Å². The highest BCUT2D eigenvalue weighted by molar-refractivity contribution is 5.98. The second kappa shape index (κ2) is 7.59. The minimum Gasteiger partial charge on any atom is -0.457 e. The van der Waals surface area contributed by atoms with Gasteiger partial charge in [0.15, 0.2) is 0 Å². The van der Waals surface area contributed by atoms with E-state index in [4.69, 9.17) is 4.74 Å². The molecule has 5 nitrogen and oxygen atoms in total. The largest absolute Gasteiger partial charge is 0.457 e. The average molecular weight is 395 g/mol. The Hall–Kier alpha value is -3.73. The summed E-state index contributed by atoms with van der Waals surface area (Å²) in [5.74, 6) is 1.09. The van der Waals surface area contributed by atoms with Crippen LogP contribution in [-0.2, 0) is 0 Å². The van der Waals surface area contributed by atoms with E-state index in [2.05, 4.69) is 34.6 Å². The zero-order valence-corrected chi connectivity index (χ0v) is 16.6. The van der Waals surface area contributed by atoms with Gasteiger partial charge in [-0.15, -0.1) is 5.10 Å². The molecule has 0 unspecified atom stereocenters. The number of para-hydroxylation sites is 1. The van der Waals surface area contributed by atoms with Crippen LogP contribution in [0.15, 0.2) is 72.9 Å². The van der Waals surface area contributed by atoms with Crippen molar-refractivity contribution in [2.75, 3.05) is 0 Å². The van der Waals surface area contributed by atoms with E-state index in [1.807, 2.05) is 48.5 Å². The number of carbonyl (C=O) groups is 1. The number of nitrogens with one attached hydrogen (secondary N) is 1. The molecule has 1 aliphatic carbocycles. The van der Waals surface area contributed by atoms with Crippen molar-refractivity contribution in [3.05, 3.63) is 84.1 Å². The Bertz CT molecular complexity index is 1250. The zero-order valence-electron chi connectivity index (χ0n) is 16.6. The summed E-state index contributed by atoms with van der Waals surface area (Å²) >= 11 is 0. The highest BCUT2D eigenvalue weighted by Crippen LogP contribution is 2.32. The normalized spacial score (nSPS) is 13.2. The summed E-state index contributed by atoms with van der Waals surface area (Å²) in [7, 11) is 0. The molecule has 0 aliphatic heterocycles. The van der Waals surface area contributed by atoms with Gasteiger partial charge in [-0.2, -0.15) is 5.10 Å². The van der Waals surface area contributed by atoms with Crippen LogP contribution in [0.25, 0.3) is 22.0 Å². The Balaban J connectivity index is 1.49. The molecule has 148 valence electrons. The molecular formula is C25H21N3O2. The highest BCUT2D eigenvalue weighted by atomic mass is 16.5. The van der Waals surface area contributed by atoms with Gasteiger partial charge in [0.25, 0.3) is 5.91 Å². The van der Waals surface area contributed by atoms with Crippen molar-refractivity contribution >= 4 is 16.7 Å². The third-order valence-electron chi connectivity index (χ3n) is 5.30. The number of benzene rings is 3. The first-order valence-corrected chi connectivity index (χ1v) is 10.1. The quantitative estimate of drug-likeness (QED) is 0.499. The molecule has 1 fully saturated rings. The third kappa shape index (κ3) is 3.62. The van der Waals surface area contributed by atoms with E-state index >= 15 is 0 Å². The standard InChI is InChI=1S/C25H21N3O2/c1-16-6-2-3-7-20(16)24-21-13-12-19(14-17(21)15-26-28-24)30-23-9-5-4-8-22(23)25(29)27-18-10-11-18/h2-9,12-15,18H,10-11H2,1H3,(H,27,29). The minimum atomic E-state index is -0.0957. The molecule has 0 bridgehead atoms. The summed E-state index contributed by atoms with van der Waals surface area (Å²) < 4.78 is 6.10. The maximum absolute atomic E-state index is 12.5. The number of aromatic nitrogens is 2. The molecule has 0 atom stereocenters. The second-order valence-corrected chi connectivity index (χ2v) is 7.60. The Morgan fingerprint density at radius 2 is 1.83 bits per heavy atom. The molecule has 4 aromatic rings. The van der Waals surface area contributed by atoms with Gasteiger partial charge < -0.3 is 10.1 Å². The van der Waals surface area contributed by atoms with Gasteiger partial charge in [0.05, 0.1) is 11.8 Å². The van der Waals surface area contributed by atoms with Crippen LogP contribution in [0.1, 0.15) is 28.8 Å². The van der Waals surface area contributed by atoms with Crippen molar-refractivity contribution in [3.63, 3.8) is 0 Å². The van der Waals surface area contributed by atoms with E-state index in [0.717, 1.165) is 40.4 Å². The average Bonchev–Trinajstić information content (AvgIpc) is 3.58. The summed E-state index contributed by atoms with van der Waals surface area (Å²) in [6.45, 7) is 2.07. The monoisotopic (exact) mass is 395 g/mol. The lowest BCUT2D eigenvalue weighted by atomic mass is 10.0. The first-order chi connectivity index (χ1) is 14.7. The van der Waals surface area contributed by atoms with Gasteiger partial charge in [-0.25, -0.2) is 0 Å². The summed E-state index contributed by atoms with van der Waals surface area (Å²) in [5.41, 5.74) is 3.60. The van der Waals surface area contributed by atoms with Gasteiger partial charge in [-0.3, -0.25) is 4.79 Å². The zero-order chi connectivity index (χ0) is 20.5. The molecule has 30 heavy (non-hydrogen) atoms. The molecule has 1 aromatic heterocycles. The van der Waals surface area contributed by atoms with Crippen LogP contribution < -0.4 is 10.1 Å². The number of carbonyl (C=O) groups excluding carboxylic acids is 1. The Labute approximate surface area is 174 Å². The van der Waals surface area contributed by atoms with E-state index in [1.165, 1.54) is 0 Å². The van der Waals surface area contributed by atoms with Gasteiger partial charge in [-0.1, -0.05) is 36.4 Å². The number of nitrogens with zero attached hydrogens (tertiary/aromatic N) is 2. The number of amides is 1. The smallest absolute Gasteiger partial charge is 0.255 e. The Kier molecular flexibility index (Phi) is 4.64. The summed E-state index contributed by atoms with van der Waals surface area (Å²) in [6.07, 6.45) is 3.82. The highest BCUT2D eigenvalue weighted by Gasteiger charge is 2.25. The van der Waals surface area contributed by atoms with Crippen LogP contribution in [0.5, 0.6) is 11.5 Å². The van der Waals surface area contributed by atoms with Crippen LogP contribution in [0.3, 0.4) is 0 Å². The van der Waals surface area contributed by atoms with Gasteiger partial charge in [-0.05, 0) is 55.7 Å². The first kappa shape index (κ1) is 18.3. The van der Waals surface area contributed by atoms with Crippen LogP contribution in [0.4, 0.5) is 0 Å². The molecule has 1 amide bonds. The number of rotatable bonds is 5. The lowest BCUT2D eigenvalue weighted by Gasteiger charge is -2.12. The molecule has 5 rings (SSSR count). The molecule has 0 radical (unpaired) electrons. The van der Waals surface area contributed by atoms with Crippen molar-refractivity contribution in [1.29, 1.82) is 0 Å². The predicted molar refractivity (Wildman–Crippen MR) is 117 cm³/mol. The van der Waals surface area contributed by atoms with Gasteiger partial charge in [0.1, 0.15) is 17.2 Å². The molecule has 5 heteroatoms. The van der Waals surface area contributed by atoms with Crippen LogP contribution in [-0.4, -0.2) is 22.1 Å². The van der Waals surface area contributed by atoms with E-state index in [1.54, 1.807) is 12.3 Å². The minimum absolute atomic E-state index is 0.0957. The molecule has 1 N–H and O–H groups in total. The molecule has 1 saturated carbocycles. The first-order valence-electron chi connectivity index (χ1n) is 10.1. The SMILES string of the molecule is Cc1ccccc1-c1nncc2cc(Oc3ccccc3C(=O)NC3CC3)ccc12. The number of fused-ring (bicyclic) bond motifs is 1. The summed E-state index contributed by atoms with van der Waals surface area (Å²) in [5, 5.41) is 13.5. The van der Waals surface area contributed by atoms with Crippen molar-refractivity contribution in [1.82, 2.24) is 15.5 Å². The van der Waals surface area contributed by atoms with E-state index in [-0.39, 0.29) is 5.91 Å². The number of hydrogen-bond donors (Lipinski definition) is 1. The van der Waals surface area contributed by atoms with E-state index in [9.17, 15) is 4.79 Å². The maximum atomic E-state index is 12.5. The third-order valence-corrected chi connectivity index (χ3v) is 5.30. The second-order valence-electron chi connectivity index (χ2n) is 7.60. The Morgan fingerprint density at radius 3 is 2.67 bits per heavy atom. The number of aryl methyl sites for hydroxylation is 1. The van der Waals surface area contributed by atoms with Crippen LogP contribution in [0, 0.1) is 6.92 Å². The molecule has 0 saturated heterocycles. The molecule has 1 heterocycles. The number of ether oxygens (including phenoxy) is 1. The lowest BCUT2D eigenvalue weighted by molar-refractivity contribution is 0.0949. The molecule has 1 aliphatic rings. The van der Waals surface area contributed by atoms with Gasteiger partial charge in [0, 0.05) is 22.4 Å². The molecule has 3 aromatic carbocycles. The van der Waals surface area contributed by atoms with Gasteiger partial charge >= 0.3 is 0 Å². The fraction of sp³-hybridized carbons (Fsp3) is 0.160. The maximum Gasteiger partial charge on any atom is 0.255 e. The topological polar surface area (TPSA) is 64.1 Å². The number of hydrogen-bond acceptors (Lipinski definition) is 4.